The Morgan fingerprint density at radius 2 is 1.44 bits per heavy atom. The van der Waals surface area contributed by atoms with Gasteiger partial charge in [-0.3, -0.25) is 19.2 Å². The van der Waals surface area contributed by atoms with E-state index in [9.17, 15) is 33.9 Å². The van der Waals surface area contributed by atoms with E-state index in [1.54, 1.807) is 70.4 Å². The highest BCUT2D eigenvalue weighted by molar-refractivity contribution is 5.93. The summed E-state index contributed by atoms with van der Waals surface area (Å²) in [6.45, 7) is 12.1. The number of hydrogen-bond acceptors (Lipinski definition) is 11. The van der Waals surface area contributed by atoms with Crippen LogP contribution in [0.1, 0.15) is 107 Å². The first-order valence-electron chi connectivity index (χ1n) is 23.9. The number of cyclic esters (lactones) is 1. The molecule has 4 aromatic carbocycles. The van der Waals surface area contributed by atoms with Gasteiger partial charge >= 0.3 is 18.0 Å². The van der Waals surface area contributed by atoms with Gasteiger partial charge in [-0.2, -0.15) is 0 Å². The van der Waals surface area contributed by atoms with Crippen LogP contribution in [0.15, 0.2) is 120 Å². The summed E-state index contributed by atoms with van der Waals surface area (Å²) in [4.78, 5) is 87.0. The summed E-state index contributed by atoms with van der Waals surface area (Å²) in [6.07, 6.45) is -0.611. The number of nitrogens with one attached hydrogen (secondary N) is 3. The van der Waals surface area contributed by atoms with E-state index in [1.807, 2.05) is 97.9 Å². The van der Waals surface area contributed by atoms with Crippen molar-refractivity contribution >= 4 is 40.7 Å². The Labute approximate surface area is 411 Å². The van der Waals surface area contributed by atoms with E-state index >= 15 is 0 Å². The number of alkyl carbamates (subject to hydrolysis) is 1. The van der Waals surface area contributed by atoms with Crippen LogP contribution in [0.5, 0.6) is 5.75 Å². The minimum absolute atomic E-state index is 0.00983. The molecule has 4 heterocycles. The van der Waals surface area contributed by atoms with Gasteiger partial charge in [-0.15, -0.1) is 0 Å². The third kappa shape index (κ3) is 9.78. The quantitative estimate of drug-likeness (QED) is 0.0451. The average Bonchev–Trinajstić information content (AvgIpc) is 3.72. The molecule has 0 spiro atoms. The van der Waals surface area contributed by atoms with E-state index in [4.69, 9.17) is 19.2 Å². The lowest BCUT2D eigenvalue weighted by atomic mass is 9.77. The first kappa shape index (κ1) is 49.8. The fourth-order valence-electron chi connectivity index (χ4n) is 9.46. The molecule has 3 amide bonds. The smallest absolute Gasteiger partial charge is 0.408 e. The maximum Gasteiger partial charge on any atom is 0.408 e. The van der Waals surface area contributed by atoms with Gasteiger partial charge in [0.1, 0.15) is 29.5 Å². The Morgan fingerprint density at radius 1 is 0.831 bits per heavy atom. The highest BCUT2D eigenvalue weighted by Gasteiger charge is 2.46. The van der Waals surface area contributed by atoms with Crippen LogP contribution >= 0.6 is 0 Å². The molecule has 8 rings (SSSR count). The Kier molecular flexibility index (Phi) is 13.8. The normalized spacial score (nSPS) is 15.6. The molecular weight excluding hydrogens is 903 g/mol. The van der Waals surface area contributed by atoms with E-state index in [2.05, 4.69) is 16.0 Å². The zero-order valence-electron chi connectivity index (χ0n) is 41.0. The summed E-state index contributed by atoms with van der Waals surface area (Å²) in [5, 5.41) is 20.7. The Bertz CT molecular complexity index is 3000. The SMILES string of the molecule is CCc1c2c(nc3ccc(OC(=O)C(C)(C)CCNC(=O)C(CC(=O)NC(c4ccccc4)(c4ccccc4)c4ccccc4)NC(=O)OC(C)(C)C)cc13)-c1cc3c(c(=O)n1C2)COC(=O)[C@]3(O)CC. The molecule has 368 valence electrons. The number of benzene rings is 4. The van der Waals surface area contributed by atoms with E-state index in [-0.39, 0.29) is 55.0 Å². The molecule has 6 aromatic rings. The topological polar surface area (TPSA) is 204 Å². The van der Waals surface area contributed by atoms with Crippen molar-refractivity contribution in [2.24, 2.45) is 5.41 Å². The molecule has 2 aromatic heterocycles. The Balaban J connectivity index is 0.983. The number of aryl methyl sites for hydroxylation is 1. The van der Waals surface area contributed by atoms with Gasteiger partial charge in [0.15, 0.2) is 5.60 Å². The summed E-state index contributed by atoms with van der Waals surface area (Å²) >= 11 is 0. The van der Waals surface area contributed by atoms with Crippen LogP contribution in [0.2, 0.25) is 0 Å². The second-order valence-electron chi connectivity index (χ2n) is 19.7. The zero-order valence-corrected chi connectivity index (χ0v) is 41.0. The highest BCUT2D eigenvalue weighted by Crippen LogP contribution is 2.42. The van der Waals surface area contributed by atoms with Crippen molar-refractivity contribution in [3.05, 3.63) is 165 Å². The monoisotopic (exact) mass is 961 g/mol. The summed E-state index contributed by atoms with van der Waals surface area (Å²) in [5.74, 6) is -2.27. The minimum Gasteiger partial charge on any atom is -0.458 e. The minimum atomic E-state index is -1.95. The number of esters is 2. The van der Waals surface area contributed by atoms with Gasteiger partial charge in [0.05, 0.1) is 40.8 Å². The molecule has 0 aliphatic carbocycles. The number of ether oxygens (including phenoxy) is 3. The average molecular weight is 962 g/mol. The van der Waals surface area contributed by atoms with Crippen molar-refractivity contribution in [2.75, 3.05) is 6.54 Å². The van der Waals surface area contributed by atoms with Crippen molar-refractivity contribution in [1.82, 2.24) is 25.5 Å². The summed E-state index contributed by atoms with van der Waals surface area (Å²) in [6, 6.07) is 34.0. The molecule has 2 aliphatic rings. The first-order chi connectivity index (χ1) is 33.8. The van der Waals surface area contributed by atoms with Gasteiger partial charge in [0.2, 0.25) is 11.8 Å². The van der Waals surface area contributed by atoms with Crippen molar-refractivity contribution in [3.8, 4) is 17.1 Å². The van der Waals surface area contributed by atoms with Gasteiger partial charge in [0, 0.05) is 23.1 Å². The van der Waals surface area contributed by atoms with Gasteiger partial charge in [-0.25, -0.2) is 14.6 Å². The number of amides is 3. The molecule has 0 saturated carbocycles. The largest absolute Gasteiger partial charge is 0.458 e. The second-order valence-corrected chi connectivity index (χ2v) is 19.7. The molecule has 0 radical (unpaired) electrons. The number of carbonyl (C=O) groups is 5. The molecular formula is C56H59N5O10. The molecule has 15 heteroatoms. The molecule has 0 fully saturated rings. The van der Waals surface area contributed by atoms with E-state index in [1.165, 1.54) is 0 Å². The van der Waals surface area contributed by atoms with Crippen LogP contribution in [0, 0.1) is 5.41 Å². The van der Waals surface area contributed by atoms with Crippen LogP contribution in [0.3, 0.4) is 0 Å². The summed E-state index contributed by atoms with van der Waals surface area (Å²) in [7, 11) is 0. The van der Waals surface area contributed by atoms with Crippen molar-refractivity contribution in [1.29, 1.82) is 0 Å². The predicted octanol–water partition coefficient (Wildman–Crippen LogP) is 7.47. The maximum atomic E-state index is 14.4. The number of pyridine rings is 2. The fourth-order valence-corrected chi connectivity index (χ4v) is 9.46. The van der Waals surface area contributed by atoms with Crippen LogP contribution in [-0.4, -0.2) is 62.7 Å². The van der Waals surface area contributed by atoms with Gasteiger partial charge in [0.25, 0.3) is 5.56 Å². The second kappa shape index (κ2) is 19.6. The first-order valence-corrected chi connectivity index (χ1v) is 23.9. The molecule has 2 aliphatic heterocycles. The standard InChI is InChI=1S/C56H59N5O10/c1-8-38-39-29-37(25-26-43(39)58-47-40(38)32-61-45(47)30-42-41(49(61)64)33-69-51(66)55(42,68)9-2)70-50(65)54(6,7)27-28-57-48(63)44(59-52(67)71-53(3,4)5)31-46(62)60-56(34-19-13-10-14-20-34,35-21-15-11-16-22-35)36-23-17-12-18-24-36/h10-26,29-30,44,68H,8-9,27-28,31-33H2,1-7H3,(H,57,63)(H,59,67)(H,60,62)/t44?,55-/m0/s1. The number of fused-ring (bicyclic) bond motifs is 5. The lowest BCUT2D eigenvalue weighted by molar-refractivity contribution is -0.172. The zero-order chi connectivity index (χ0) is 50.9. The van der Waals surface area contributed by atoms with Gasteiger partial charge < -0.3 is 39.8 Å². The van der Waals surface area contributed by atoms with Crippen molar-refractivity contribution in [3.63, 3.8) is 0 Å². The van der Waals surface area contributed by atoms with E-state index in [0.29, 0.717) is 23.3 Å². The van der Waals surface area contributed by atoms with Crippen LogP contribution < -0.4 is 26.2 Å². The lowest BCUT2D eigenvalue weighted by Gasteiger charge is -2.37. The number of aromatic nitrogens is 2. The third-order valence-corrected chi connectivity index (χ3v) is 13.3. The van der Waals surface area contributed by atoms with Crippen molar-refractivity contribution < 1.29 is 43.3 Å². The van der Waals surface area contributed by atoms with Crippen LogP contribution in [0.25, 0.3) is 22.3 Å². The lowest BCUT2D eigenvalue weighted by Crippen LogP contribution is -2.53. The molecule has 0 saturated heterocycles. The number of aliphatic hydroxyl groups is 1. The number of nitrogens with zero attached hydrogens (tertiary/aromatic N) is 2. The van der Waals surface area contributed by atoms with Crippen LogP contribution in [-0.2, 0) is 59.4 Å². The van der Waals surface area contributed by atoms with Gasteiger partial charge in [-0.1, -0.05) is 105 Å². The molecule has 4 N–H and O–H groups in total. The van der Waals surface area contributed by atoms with E-state index < -0.39 is 64.5 Å². The third-order valence-electron chi connectivity index (χ3n) is 13.3. The van der Waals surface area contributed by atoms with Gasteiger partial charge in [-0.05, 0) is 100 Å². The number of carbonyl (C=O) groups excluding carboxylic acids is 5. The molecule has 1 unspecified atom stereocenters. The summed E-state index contributed by atoms with van der Waals surface area (Å²) in [5.41, 5.74) is 0.693. The molecule has 2 atom stereocenters. The molecule has 0 bridgehead atoms. The Morgan fingerprint density at radius 3 is 2.00 bits per heavy atom. The maximum absolute atomic E-state index is 14.4. The molecule has 15 nitrogen and oxygen atoms in total. The highest BCUT2D eigenvalue weighted by atomic mass is 16.6. The summed E-state index contributed by atoms with van der Waals surface area (Å²) < 4.78 is 18.3. The predicted molar refractivity (Wildman–Crippen MR) is 266 cm³/mol. The van der Waals surface area contributed by atoms with Crippen molar-refractivity contribution in [2.45, 2.75) is 110 Å². The number of hydrogen-bond donors (Lipinski definition) is 4. The molecule has 71 heavy (non-hydrogen) atoms. The number of rotatable bonds is 15. The van der Waals surface area contributed by atoms with E-state index in [0.717, 1.165) is 33.2 Å². The fraction of sp³-hybridized carbons (Fsp3) is 0.339. The van der Waals surface area contributed by atoms with Crippen LogP contribution in [0.4, 0.5) is 4.79 Å². The Hall–Kier alpha value is -7.65.